The Hall–Kier alpha value is -5.27. The van der Waals surface area contributed by atoms with Gasteiger partial charge in [-0.05, 0) is 85.5 Å². The van der Waals surface area contributed by atoms with Crippen LogP contribution in [-0.4, -0.2) is 26.6 Å². The zero-order chi connectivity index (χ0) is 29.0. The first-order chi connectivity index (χ1) is 21.1. The van der Waals surface area contributed by atoms with Crippen LogP contribution in [0.5, 0.6) is 5.75 Å². The molecule has 1 aliphatic heterocycles. The maximum atomic E-state index is 6.69. The smallest absolute Gasteiger partial charge is 0.154 e. The number of nitrogens with two attached hydrogens (primary N) is 1. The van der Waals surface area contributed by atoms with Gasteiger partial charge >= 0.3 is 0 Å². The first kappa shape index (κ1) is 25.4. The van der Waals surface area contributed by atoms with E-state index in [4.69, 9.17) is 25.4 Å². The van der Waals surface area contributed by atoms with Crippen LogP contribution in [0.15, 0.2) is 109 Å². The highest BCUT2D eigenvalue weighted by atomic mass is 16.5. The number of pyridine rings is 2. The third-order valence-electron chi connectivity index (χ3n) is 8.73. The molecule has 2 aliphatic rings. The van der Waals surface area contributed by atoms with E-state index in [2.05, 4.69) is 58.4 Å². The largest absolute Gasteiger partial charge is 0.497 e. The summed E-state index contributed by atoms with van der Waals surface area (Å²) in [6.45, 7) is 0. The Bertz CT molecular complexity index is 1960. The molecule has 0 radical (unpaired) electrons. The van der Waals surface area contributed by atoms with Gasteiger partial charge in [0.15, 0.2) is 5.82 Å². The van der Waals surface area contributed by atoms with Gasteiger partial charge in [0.2, 0.25) is 0 Å². The molecule has 0 spiro atoms. The molecule has 1 fully saturated rings. The van der Waals surface area contributed by atoms with E-state index in [-0.39, 0.29) is 5.54 Å². The first-order valence-corrected chi connectivity index (χ1v) is 14.6. The molecule has 8 rings (SSSR count). The van der Waals surface area contributed by atoms with E-state index in [0.29, 0.717) is 0 Å². The highest BCUT2D eigenvalue weighted by molar-refractivity contribution is 5.91. The average molecular weight is 563 g/mol. The van der Waals surface area contributed by atoms with Gasteiger partial charge in [0, 0.05) is 40.2 Å². The fourth-order valence-corrected chi connectivity index (χ4v) is 6.16. The number of benzene rings is 3. The number of para-hydroxylation sites is 1. The fraction of sp³-hybridized carbons (Fsp3) is 0.139. The van der Waals surface area contributed by atoms with Crippen molar-refractivity contribution < 1.29 is 4.74 Å². The predicted molar refractivity (Wildman–Crippen MR) is 170 cm³/mol. The molecule has 210 valence electrons. The maximum Gasteiger partial charge on any atom is 0.154 e. The summed E-state index contributed by atoms with van der Waals surface area (Å²) in [5.41, 5.74) is 16.3. The van der Waals surface area contributed by atoms with Crippen LogP contribution in [0.3, 0.4) is 0 Å². The van der Waals surface area contributed by atoms with Gasteiger partial charge < -0.3 is 15.8 Å². The monoisotopic (exact) mass is 562 g/mol. The molecule has 4 heterocycles. The van der Waals surface area contributed by atoms with E-state index in [1.165, 1.54) is 12.0 Å². The molecule has 3 N–H and O–H groups in total. The summed E-state index contributed by atoms with van der Waals surface area (Å²) in [5, 5.41) is 3.54. The Kier molecular flexibility index (Phi) is 5.87. The number of nitrogens with one attached hydrogen (secondary N) is 1. The van der Waals surface area contributed by atoms with Crippen molar-refractivity contribution in [3.63, 3.8) is 0 Å². The molecule has 0 amide bonds. The van der Waals surface area contributed by atoms with Crippen LogP contribution in [0.4, 0.5) is 11.5 Å². The van der Waals surface area contributed by atoms with Gasteiger partial charge in [0.05, 0.1) is 35.6 Å². The van der Waals surface area contributed by atoms with Crippen molar-refractivity contribution in [2.24, 2.45) is 5.73 Å². The number of aromatic nitrogens is 4. The fourth-order valence-electron chi connectivity index (χ4n) is 6.16. The van der Waals surface area contributed by atoms with E-state index in [9.17, 15) is 0 Å². The topological polar surface area (TPSA) is 90.9 Å². The van der Waals surface area contributed by atoms with Gasteiger partial charge in [0.25, 0.3) is 0 Å². The second-order valence-corrected chi connectivity index (χ2v) is 11.3. The van der Waals surface area contributed by atoms with Crippen molar-refractivity contribution in [1.29, 1.82) is 0 Å². The number of ether oxygens (including phenoxy) is 1. The predicted octanol–water partition coefficient (Wildman–Crippen LogP) is 7.73. The van der Waals surface area contributed by atoms with Crippen LogP contribution in [0.1, 0.15) is 24.8 Å². The van der Waals surface area contributed by atoms with Crippen molar-refractivity contribution in [3.8, 4) is 56.6 Å². The minimum Gasteiger partial charge on any atom is -0.497 e. The van der Waals surface area contributed by atoms with Crippen LogP contribution in [0.2, 0.25) is 0 Å². The number of rotatable bonds is 5. The third-order valence-corrected chi connectivity index (χ3v) is 8.73. The number of hydrogen-bond donors (Lipinski definition) is 2. The summed E-state index contributed by atoms with van der Waals surface area (Å²) in [4.78, 5) is 14.9. The van der Waals surface area contributed by atoms with Gasteiger partial charge in [-0.25, -0.2) is 9.97 Å². The summed E-state index contributed by atoms with van der Waals surface area (Å²) in [7, 11) is 1.67. The van der Waals surface area contributed by atoms with Gasteiger partial charge in [-0.15, -0.1) is 0 Å². The molecular formula is C36H30N6O. The number of methoxy groups -OCH3 is 1. The summed E-state index contributed by atoms with van der Waals surface area (Å²) < 4.78 is 7.55. The average Bonchev–Trinajstić information content (AvgIpc) is 3.38. The van der Waals surface area contributed by atoms with Gasteiger partial charge in [-0.3, -0.25) is 9.55 Å². The molecule has 6 aromatic rings. The molecular weight excluding hydrogens is 532 g/mol. The lowest BCUT2D eigenvalue weighted by Gasteiger charge is -2.38. The highest BCUT2D eigenvalue weighted by Gasteiger charge is 2.34. The molecule has 3 aromatic carbocycles. The Morgan fingerprint density at radius 1 is 0.814 bits per heavy atom. The number of fused-ring (bicyclic) bond motifs is 5. The van der Waals surface area contributed by atoms with Crippen LogP contribution < -0.4 is 15.8 Å². The number of anilines is 2. The number of imidazole rings is 1. The minimum absolute atomic E-state index is 0.226. The van der Waals surface area contributed by atoms with Crippen LogP contribution in [0, 0.1) is 0 Å². The van der Waals surface area contributed by atoms with E-state index in [1.807, 2.05) is 60.9 Å². The molecule has 3 aromatic heterocycles. The van der Waals surface area contributed by atoms with Crippen LogP contribution in [-0.2, 0) is 5.54 Å². The normalized spacial score (nSPS) is 14.4. The van der Waals surface area contributed by atoms with Crippen molar-refractivity contribution in [2.75, 3.05) is 12.4 Å². The van der Waals surface area contributed by atoms with Gasteiger partial charge in [-0.2, -0.15) is 0 Å². The molecule has 0 saturated heterocycles. The zero-order valence-electron chi connectivity index (χ0n) is 23.8. The Balaban J connectivity index is 1.33. The lowest BCUT2D eigenvalue weighted by Crippen LogP contribution is -2.43. The molecule has 7 heteroatoms. The number of nitrogens with zero attached hydrogens (tertiary/aromatic N) is 4. The van der Waals surface area contributed by atoms with E-state index in [0.717, 1.165) is 80.9 Å². The summed E-state index contributed by atoms with van der Waals surface area (Å²) in [6, 6.07) is 33.1. The molecule has 0 bridgehead atoms. The molecule has 7 nitrogen and oxygen atoms in total. The molecule has 1 saturated carbocycles. The molecule has 0 unspecified atom stereocenters. The molecule has 0 atom stereocenters. The van der Waals surface area contributed by atoms with E-state index < -0.39 is 0 Å². The lowest BCUT2D eigenvalue weighted by atomic mass is 9.72. The Labute approximate surface area is 250 Å². The quantitative estimate of drug-likeness (QED) is 0.223. The van der Waals surface area contributed by atoms with Crippen LogP contribution in [0.25, 0.3) is 50.8 Å². The van der Waals surface area contributed by atoms with E-state index in [1.54, 1.807) is 7.11 Å². The van der Waals surface area contributed by atoms with E-state index >= 15 is 0 Å². The lowest BCUT2D eigenvalue weighted by molar-refractivity contribution is 0.253. The number of hydrogen-bond acceptors (Lipinski definition) is 6. The second-order valence-electron chi connectivity index (χ2n) is 11.3. The molecule has 43 heavy (non-hydrogen) atoms. The molecule has 1 aliphatic carbocycles. The summed E-state index contributed by atoms with van der Waals surface area (Å²) in [5.74, 6) is 2.44. The minimum atomic E-state index is -0.226. The van der Waals surface area contributed by atoms with Gasteiger partial charge in [-0.1, -0.05) is 36.4 Å². The summed E-state index contributed by atoms with van der Waals surface area (Å²) in [6.07, 6.45) is 6.94. The Morgan fingerprint density at radius 2 is 1.58 bits per heavy atom. The summed E-state index contributed by atoms with van der Waals surface area (Å²) >= 11 is 0. The zero-order valence-corrected chi connectivity index (χ0v) is 23.8. The van der Waals surface area contributed by atoms with Crippen molar-refractivity contribution in [2.45, 2.75) is 24.8 Å². The van der Waals surface area contributed by atoms with Crippen molar-refractivity contribution in [3.05, 3.63) is 115 Å². The standard InChI is InChI=1S/C36H30N6O/c1-43-27-16-11-23(12-17-27)29-18-13-25(22-39-29)32-33(24-9-14-26(15-10-24)36(37)19-5-20-36)42-31-8-4-21-38-34(31)40-30-7-3-2-6-28(30)35(42)41-32/h2-4,6-18,21-22H,5,19-20,37H2,1H3,(H,38,40). The third kappa shape index (κ3) is 4.20. The first-order valence-electron chi connectivity index (χ1n) is 14.6. The van der Waals surface area contributed by atoms with Crippen LogP contribution >= 0.6 is 0 Å². The Morgan fingerprint density at radius 3 is 2.30 bits per heavy atom. The maximum absolute atomic E-state index is 6.69. The van der Waals surface area contributed by atoms with Gasteiger partial charge in [0.1, 0.15) is 11.6 Å². The van der Waals surface area contributed by atoms with Crippen molar-refractivity contribution in [1.82, 2.24) is 19.5 Å². The van der Waals surface area contributed by atoms with Crippen molar-refractivity contribution >= 4 is 11.5 Å². The SMILES string of the molecule is COc1ccc(-c2ccc(-c3nc4n(c3-c3ccc(C5(N)CCC5)cc3)-c3cccnc3Nc3ccccc3-4)cn2)cc1. The second kappa shape index (κ2) is 9.93. The highest BCUT2D eigenvalue weighted by Crippen LogP contribution is 2.45.